The van der Waals surface area contributed by atoms with Crippen LogP contribution in [0.2, 0.25) is 0 Å². The first-order valence-corrected chi connectivity index (χ1v) is 6.80. The molecule has 0 radical (unpaired) electrons. The second-order valence-corrected chi connectivity index (χ2v) is 5.01. The van der Waals surface area contributed by atoms with Crippen molar-refractivity contribution >= 4 is 0 Å². The number of hydrogen-bond donors (Lipinski definition) is 2. The molecule has 1 fully saturated rings. The Balaban J connectivity index is 1.76. The van der Waals surface area contributed by atoms with E-state index in [1.165, 1.54) is 6.07 Å². The molecule has 1 aromatic carbocycles. The summed E-state index contributed by atoms with van der Waals surface area (Å²) in [7, 11) is 0. The lowest BCUT2D eigenvalue weighted by Gasteiger charge is -2.27. The van der Waals surface area contributed by atoms with Crippen LogP contribution in [0.3, 0.4) is 0 Å². The van der Waals surface area contributed by atoms with Gasteiger partial charge in [0.25, 0.3) is 0 Å². The van der Waals surface area contributed by atoms with E-state index in [0.29, 0.717) is 5.56 Å². The summed E-state index contributed by atoms with van der Waals surface area (Å²) in [5.74, 6) is -1.65. The largest absolute Gasteiger partial charge is 0.324 e. The highest BCUT2D eigenvalue weighted by molar-refractivity contribution is 5.20. The maximum atomic E-state index is 13.1. The molecule has 1 unspecified atom stereocenters. The third kappa shape index (κ3) is 4.23. The van der Waals surface area contributed by atoms with E-state index in [4.69, 9.17) is 5.73 Å². The molecule has 1 saturated heterocycles. The Morgan fingerprint density at radius 2 is 1.95 bits per heavy atom. The van der Waals surface area contributed by atoms with E-state index in [2.05, 4.69) is 10.2 Å². The third-order valence-corrected chi connectivity index (χ3v) is 3.57. The topological polar surface area (TPSA) is 41.3 Å². The maximum Gasteiger partial charge on any atom is 0.159 e. The summed E-state index contributed by atoms with van der Waals surface area (Å²) in [5.41, 5.74) is 6.68. The lowest BCUT2D eigenvalue weighted by molar-refractivity contribution is 0.235. The molecule has 1 atom stereocenters. The molecule has 2 rings (SSSR count). The van der Waals surface area contributed by atoms with E-state index in [-0.39, 0.29) is 6.04 Å². The number of benzene rings is 1. The average molecular weight is 269 g/mol. The molecule has 3 nitrogen and oxygen atoms in total. The summed E-state index contributed by atoms with van der Waals surface area (Å²) in [6.45, 7) is 5.23. The molecule has 106 valence electrons. The van der Waals surface area contributed by atoms with Crippen LogP contribution in [0.5, 0.6) is 0 Å². The molecule has 0 aliphatic carbocycles. The molecular formula is C14H21F2N3. The van der Waals surface area contributed by atoms with E-state index in [1.807, 2.05) is 0 Å². The zero-order chi connectivity index (χ0) is 13.7. The van der Waals surface area contributed by atoms with Crippen LogP contribution in [-0.4, -0.2) is 37.6 Å². The highest BCUT2D eigenvalue weighted by atomic mass is 19.2. The molecule has 1 aliphatic rings. The SMILES string of the molecule is NC(CCCN1CCNCC1)c1ccc(F)c(F)c1. The second-order valence-electron chi connectivity index (χ2n) is 5.01. The Morgan fingerprint density at radius 3 is 2.63 bits per heavy atom. The van der Waals surface area contributed by atoms with Gasteiger partial charge in [0.1, 0.15) is 0 Å². The minimum absolute atomic E-state index is 0.224. The molecule has 0 aromatic heterocycles. The van der Waals surface area contributed by atoms with Crippen LogP contribution in [0.25, 0.3) is 0 Å². The predicted molar refractivity (Wildman–Crippen MR) is 71.8 cm³/mol. The van der Waals surface area contributed by atoms with Crippen molar-refractivity contribution in [1.29, 1.82) is 0 Å². The van der Waals surface area contributed by atoms with Gasteiger partial charge < -0.3 is 16.0 Å². The maximum absolute atomic E-state index is 13.1. The van der Waals surface area contributed by atoms with Crippen molar-refractivity contribution in [2.24, 2.45) is 5.73 Å². The van der Waals surface area contributed by atoms with Gasteiger partial charge in [0.15, 0.2) is 11.6 Å². The Bertz CT molecular complexity index is 406. The van der Waals surface area contributed by atoms with Crippen molar-refractivity contribution in [3.8, 4) is 0 Å². The normalized spacial score (nSPS) is 18.5. The highest BCUT2D eigenvalue weighted by Crippen LogP contribution is 2.18. The second kappa shape index (κ2) is 6.93. The van der Waals surface area contributed by atoms with Gasteiger partial charge in [-0.2, -0.15) is 0 Å². The van der Waals surface area contributed by atoms with Crippen molar-refractivity contribution in [1.82, 2.24) is 10.2 Å². The van der Waals surface area contributed by atoms with Gasteiger partial charge in [0.2, 0.25) is 0 Å². The third-order valence-electron chi connectivity index (χ3n) is 3.57. The summed E-state index contributed by atoms with van der Waals surface area (Å²) in [6.07, 6.45) is 1.76. The fourth-order valence-electron chi connectivity index (χ4n) is 2.38. The summed E-state index contributed by atoms with van der Waals surface area (Å²) in [6, 6.07) is 3.68. The quantitative estimate of drug-likeness (QED) is 0.854. The zero-order valence-corrected chi connectivity index (χ0v) is 11.0. The molecule has 1 aromatic rings. The van der Waals surface area contributed by atoms with E-state index >= 15 is 0 Å². The first-order chi connectivity index (χ1) is 9.16. The molecule has 3 N–H and O–H groups in total. The summed E-state index contributed by atoms with van der Waals surface area (Å²) < 4.78 is 25.9. The Labute approximate surface area is 112 Å². The Morgan fingerprint density at radius 1 is 1.21 bits per heavy atom. The molecule has 0 spiro atoms. The van der Waals surface area contributed by atoms with Crippen LogP contribution >= 0.6 is 0 Å². The number of nitrogens with zero attached hydrogens (tertiary/aromatic N) is 1. The predicted octanol–water partition coefficient (Wildman–Crippen LogP) is 1.65. The molecule has 0 saturated carbocycles. The number of nitrogens with two attached hydrogens (primary N) is 1. The standard InChI is InChI=1S/C14H21F2N3/c15-12-4-3-11(10-13(12)16)14(17)2-1-7-19-8-5-18-6-9-19/h3-4,10,14,18H,1-2,5-9,17H2. The fraction of sp³-hybridized carbons (Fsp3) is 0.571. The number of piperazine rings is 1. The van der Waals surface area contributed by atoms with Gasteiger partial charge in [-0.1, -0.05) is 6.07 Å². The monoisotopic (exact) mass is 269 g/mol. The van der Waals surface area contributed by atoms with Crippen LogP contribution in [0.4, 0.5) is 8.78 Å². The fourth-order valence-corrected chi connectivity index (χ4v) is 2.38. The minimum Gasteiger partial charge on any atom is -0.324 e. The van der Waals surface area contributed by atoms with Crippen molar-refractivity contribution < 1.29 is 8.78 Å². The van der Waals surface area contributed by atoms with Crippen molar-refractivity contribution in [3.63, 3.8) is 0 Å². The molecule has 5 heteroatoms. The first-order valence-electron chi connectivity index (χ1n) is 6.80. The van der Waals surface area contributed by atoms with E-state index in [9.17, 15) is 8.78 Å². The van der Waals surface area contributed by atoms with E-state index < -0.39 is 11.6 Å². The molecule has 19 heavy (non-hydrogen) atoms. The average Bonchev–Trinajstić information content (AvgIpc) is 2.43. The smallest absolute Gasteiger partial charge is 0.159 e. The van der Waals surface area contributed by atoms with Crippen LogP contribution in [0.1, 0.15) is 24.4 Å². The van der Waals surface area contributed by atoms with Crippen molar-refractivity contribution in [2.75, 3.05) is 32.7 Å². The summed E-state index contributed by atoms with van der Waals surface area (Å²) in [4.78, 5) is 2.40. The Hall–Kier alpha value is -1.04. The zero-order valence-electron chi connectivity index (χ0n) is 11.0. The van der Waals surface area contributed by atoms with Crippen LogP contribution in [0.15, 0.2) is 18.2 Å². The van der Waals surface area contributed by atoms with Crippen LogP contribution in [-0.2, 0) is 0 Å². The molecule has 0 amide bonds. The van der Waals surface area contributed by atoms with Crippen LogP contribution in [0, 0.1) is 11.6 Å². The lowest BCUT2D eigenvalue weighted by atomic mass is 10.0. The lowest BCUT2D eigenvalue weighted by Crippen LogP contribution is -2.43. The number of hydrogen-bond acceptors (Lipinski definition) is 3. The number of halogens is 2. The first kappa shape index (κ1) is 14.4. The number of rotatable bonds is 5. The summed E-state index contributed by atoms with van der Waals surface area (Å²) in [5, 5.41) is 3.31. The van der Waals surface area contributed by atoms with Gasteiger partial charge >= 0.3 is 0 Å². The van der Waals surface area contributed by atoms with Gasteiger partial charge in [-0.05, 0) is 37.1 Å². The van der Waals surface area contributed by atoms with Gasteiger partial charge in [-0.3, -0.25) is 0 Å². The minimum atomic E-state index is -0.824. The van der Waals surface area contributed by atoms with Gasteiger partial charge in [0.05, 0.1) is 0 Å². The molecule has 0 bridgehead atoms. The van der Waals surface area contributed by atoms with Gasteiger partial charge in [-0.25, -0.2) is 8.78 Å². The molecule has 1 heterocycles. The molecule has 1 aliphatic heterocycles. The Kier molecular flexibility index (Phi) is 5.24. The van der Waals surface area contributed by atoms with Crippen LogP contribution < -0.4 is 11.1 Å². The van der Waals surface area contributed by atoms with Crippen molar-refractivity contribution in [2.45, 2.75) is 18.9 Å². The van der Waals surface area contributed by atoms with Crippen molar-refractivity contribution in [3.05, 3.63) is 35.4 Å². The summed E-state index contributed by atoms with van der Waals surface area (Å²) >= 11 is 0. The van der Waals surface area contributed by atoms with Gasteiger partial charge in [-0.15, -0.1) is 0 Å². The number of nitrogens with one attached hydrogen (secondary N) is 1. The van der Waals surface area contributed by atoms with E-state index in [1.54, 1.807) is 6.07 Å². The van der Waals surface area contributed by atoms with E-state index in [0.717, 1.165) is 51.6 Å². The molecular weight excluding hydrogens is 248 g/mol. The highest BCUT2D eigenvalue weighted by Gasteiger charge is 2.12. The van der Waals surface area contributed by atoms with Gasteiger partial charge in [0, 0.05) is 32.2 Å².